The van der Waals surface area contributed by atoms with Crippen molar-refractivity contribution in [2.75, 3.05) is 6.61 Å². The molecule has 0 N–H and O–H groups in total. The standard InChI is InChI=1S/C14H11FN2O2S/c1-2-19-13(18)11-7-17-8-12(20-14(17)16-11)9-5-3-4-6-10(9)15/h3-8H,2H2,1H3. The summed E-state index contributed by atoms with van der Waals surface area (Å²) in [7, 11) is 0. The fourth-order valence-electron chi connectivity index (χ4n) is 1.88. The first-order valence-corrected chi connectivity index (χ1v) is 6.91. The quantitative estimate of drug-likeness (QED) is 0.695. The Kier molecular flexibility index (Phi) is 3.23. The summed E-state index contributed by atoms with van der Waals surface area (Å²) in [6.07, 6.45) is 3.35. The third kappa shape index (κ3) is 2.18. The second-order valence-electron chi connectivity index (χ2n) is 4.11. The molecule has 0 aliphatic heterocycles. The normalized spacial score (nSPS) is 10.9. The summed E-state index contributed by atoms with van der Waals surface area (Å²) in [5.41, 5.74) is 0.791. The van der Waals surface area contributed by atoms with E-state index in [1.807, 2.05) is 0 Å². The van der Waals surface area contributed by atoms with E-state index in [0.29, 0.717) is 17.1 Å². The van der Waals surface area contributed by atoms with Crippen LogP contribution in [0.2, 0.25) is 0 Å². The summed E-state index contributed by atoms with van der Waals surface area (Å²) in [6.45, 7) is 2.05. The lowest BCUT2D eigenvalue weighted by Crippen LogP contribution is -2.04. The zero-order valence-corrected chi connectivity index (χ0v) is 11.5. The SMILES string of the molecule is CCOC(=O)c1cn2cc(-c3ccccc3F)sc2n1. The number of ether oxygens (including phenoxy) is 1. The van der Waals surface area contributed by atoms with E-state index in [2.05, 4.69) is 4.98 Å². The Morgan fingerprint density at radius 1 is 1.40 bits per heavy atom. The van der Waals surface area contributed by atoms with Crippen LogP contribution in [0.4, 0.5) is 4.39 Å². The number of benzene rings is 1. The molecule has 1 aromatic carbocycles. The van der Waals surface area contributed by atoms with Crippen LogP contribution in [0, 0.1) is 5.82 Å². The molecule has 0 spiro atoms. The highest BCUT2D eigenvalue weighted by atomic mass is 32.1. The average Bonchev–Trinajstić information content (AvgIpc) is 2.97. The Bertz CT molecular complexity index is 747. The molecule has 20 heavy (non-hydrogen) atoms. The fourth-order valence-corrected chi connectivity index (χ4v) is 2.88. The van der Waals surface area contributed by atoms with Crippen molar-refractivity contribution < 1.29 is 13.9 Å². The van der Waals surface area contributed by atoms with Crippen molar-refractivity contribution in [3.63, 3.8) is 0 Å². The number of imidazole rings is 1. The molecule has 3 rings (SSSR count). The number of halogens is 1. The maximum absolute atomic E-state index is 13.7. The Balaban J connectivity index is 1.99. The highest BCUT2D eigenvalue weighted by molar-refractivity contribution is 7.20. The van der Waals surface area contributed by atoms with Gasteiger partial charge in [0.1, 0.15) is 5.82 Å². The lowest BCUT2D eigenvalue weighted by molar-refractivity contribution is 0.0520. The number of carbonyl (C=O) groups excluding carboxylic acids is 1. The van der Waals surface area contributed by atoms with E-state index in [9.17, 15) is 9.18 Å². The van der Waals surface area contributed by atoms with Crippen LogP contribution in [0.25, 0.3) is 15.4 Å². The Morgan fingerprint density at radius 3 is 2.90 bits per heavy atom. The number of hydrogen-bond donors (Lipinski definition) is 0. The van der Waals surface area contributed by atoms with Crippen LogP contribution in [0.5, 0.6) is 0 Å². The summed E-state index contributed by atoms with van der Waals surface area (Å²) in [6, 6.07) is 6.57. The van der Waals surface area contributed by atoms with Gasteiger partial charge in [-0.15, -0.1) is 0 Å². The van der Waals surface area contributed by atoms with E-state index in [0.717, 1.165) is 4.88 Å². The summed E-state index contributed by atoms with van der Waals surface area (Å²) in [5, 5.41) is 0. The average molecular weight is 290 g/mol. The number of nitrogens with zero attached hydrogens (tertiary/aromatic N) is 2. The van der Waals surface area contributed by atoms with E-state index in [4.69, 9.17) is 4.74 Å². The van der Waals surface area contributed by atoms with Gasteiger partial charge >= 0.3 is 5.97 Å². The van der Waals surface area contributed by atoms with E-state index in [-0.39, 0.29) is 11.5 Å². The van der Waals surface area contributed by atoms with Crippen LogP contribution >= 0.6 is 11.3 Å². The predicted octanol–water partition coefficient (Wildman–Crippen LogP) is 3.38. The fraction of sp³-hybridized carbons (Fsp3) is 0.143. The molecule has 0 fully saturated rings. The zero-order valence-electron chi connectivity index (χ0n) is 10.7. The molecule has 0 bridgehead atoms. The van der Waals surface area contributed by atoms with Crippen molar-refractivity contribution in [3.05, 3.63) is 48.2 Å². The van der Waals surface area contributed by atoms with Gasteiger partial charge in [-0.3, -0.25) is 4.40 Å². The number of carbonyl (C=O) groups is 1. The molecular formula is C14H11FN2O2S. The van der Waals surface area contributed by atoms with E-state index in [1.54, 1.807) is 41.9 Å². The number of aromatic nitrogens is 2. The minimum atomic E-state index is -0.448. The maximum Gasteiger partial charge on any atom is 0.358 e. The molecule has 0 amide bonds. The topological polar surface area (TPSA) is 43.6 Å². The lowest BCUT2D eigenvalue weighted by atomic mass is 10.2. The van der Waals surface area contributed by atoms with Crippen molar-refractivity contribution in [1.29, 1.82) is 0 Å². The molecular weight excluding hydrogens is 279 g/mol. The van der Waals surface area contributed by atoms with Crippen molar-refractivity contribution in [2.45, 2.75) is 6.92 Å². The van der Waals surface area contributed by atoms with Gasteiger partial charge in [0, 0.05) is 18.0 Å². The van der Waals surface area contributed by atoms with Crippen LogP contribution in [0.1, 0.15) is 17.4 Å². The molecule has 3 aromatic rings. The molecule has 4 nitrogen and oxygen atoms in total. The van der Waals surface area contributed by atoms with Gasteiger partial charge in [0.05, 0.1) is 11.5 Å². The summed E-state index contributed by atoms with van der Waals surface area (Å²) in [4.78, 5) is 17.2. The van der Waals surface area contributed by atoms with Crippen LogP contribution < -0.4 is 0 Å². The van der Waals surface area contributed by atoms with Crippen LogP contribution in [0.15, 0.2) is 36.7 Å². The minimum Gasteiger partial charge on any atom is -0.461 e. The third-order valence-corrected chi connectivity index (χ3v) is 3.81. The van der Waals surface area contributed by atoms with Gasteiger partial charge in [0.15, 0.2) is 10.7 Å². The molecule has 2 heterocycles. The maximum atomic E-state index is 13.7. The van der Waals surface area contributed by atoms with Crippen LogP contribution in [-0.2, 0) is 4.74 Å². The minimum absolute atomic E-state index is 0.262. The smallest absolute Gasteiger partial charge is 0.358 e. The highest BCUT2D eigenvalue weighted by Crippen LogP contribution is 2.30. The summed E-state index contributed by atoms with van der Waals surface area (Å²) >= 11 is 1.32. The number of rotatable bonds is 3. The zero-order chi connectivity index (χ0) is 14.1. The highest BCUT2D eigenvalue weighted by Gasteiger charge is 2.15. The molecule has 0 aliphatic rings. The molecule has 0 aliphatic carbocycles. The van der Waals surface area contributed by atoms with E-state index < -0.39 is 5.97 Å². The number of esters is 1. The Hall–Kier alpha value is -2.21. The number of fused-ring (bicyclic) bond motifs is 1. The molecule has 0 atom stereocenters. The largest absolute Gasteiger partial charge is 0.461 e. The van der Waals surface area contributed by atoms with Crippen LogP contribution in [-0.4, -0.2) is 22.0 Å². The predicted molar refractivity (Wildman–Crippen MR) is 74.4 cm³/mol. The van der Waals surface area contributed by atoms with Gasteiger partial charge in [-0.1, -0.05) is 29.5 Å². The number of thiazole rings is 1. The van der Waals surface area contributed by atoms with Gasteiger partial charge in [0.2, 0.25) is 0 Å². The molecule has 2 aromatic heterocycles. The van der Waals surface area contributed by atoms with Crippen LogP contribution in [0.3, 0.4) is 0 Å². The third-order valence-electron chi connectivity index (χ3n) is 2.78. The monoisotopic (exact) mass is 290 g/mol. The second-order valence-corrected chi connectivity index (χ2v) is 5.12. The van der Waals surface area contributed by atoms with Gasteiger partial charge in [-0.05, 0) is 13.0 Å². The van der Waals surface area contributed by atoms with Gasteiger partial charge in [0.25, 0.3) is 0 Å². The molecule has 0 saturated carbocycles. The van der Waals surface area contributed by atoms with Gasteiger partial charge < -0.3 is 4.74 Å². The molecule has 0 unspecified atom stereocenters. The molecule has 6 heteroatoms. The summed E-state index contributed by atoms with van der Waals surface area (Å²) < 4.78 is 20.3. The first-order valence-electron chi connectivity index (χ1n) is 6.09. The second kappa shape index (κ2) is 5.05. The van der Waals surface area contributed by atoms with Crippen molar-refractivity contribution in [2.24, 2.45) is 0 Å². The van der Waals surface area contributed by atoms with E-state index >= 15 is 0 Å². The van der Waals surface area contributed by atoms with Gasteiger partial charge in [-0.2, -0.15) is 0 Å². The van der Waals surface area contributed by atoms with Crippen molar-refractivity contribution in [3.8, 4) is 10.4 Å². The molecule has 0 radical (unpaired) electrons. The number of hydrogen-bond acceptors (Lipinski definition) is 4. The Labute approximate surface area is 118 Å². The Morgan fingerprint density at radius 2 is 2.20 bits per heavy atom. The summed E-state index contributed by atoms with van der Waals surface area (Å²) in [5.74, 6) is -0.724. The van der Waals surface area contributed by atoms with E-state index in [1.165, 1.54) is 17.4 Å². The van der Waals surface area contributed by atoms with Crippen molar-refractivity contribution in [1.82, 2.24) is 9.38 Å². The molecule has 102 valence electrons. The first-order chi connectivity index (χ1) is 9.69. The molecule has 0 saturated heterocycles. The van der Waals surface area contributed by atoms with Gasteiger partial charge in [-0.25, -0.2) is 14.2 Å². The first kappa shape index (κ1) is 12.8. The lowest BCUT2D eigenvalue weighted by Gasteiger charge is -1.97. The van der Waals surface area contributed by atoms with Crippen molar-refractivity contribution >= 4 is 22.3 Å².